The van der Waals surface area contributed by atoms with Crippen LogP contribution in [-0.4, -0.2) is 28.7 Å². The van der Waals surface area contributed by atoms with Crippen molar-refractivity contribution in [3.8, 4) is 0 Å². The molecule has 0 bridgehead atoms. The van der Waals surface area contributed by atoms with Crippen LogP contribution >= 0.6 is 15.9 Å². The molecule has 2 nitrogen and oxygen atoms in total. The van der Waals surface area contributed by atoms with E-state index in [1.807, 2.05) is 12.1 Å². The van der Waals surface area contributed by atoms with Crippen LogP contribution in [0.1, 0.15) is 37.7 Å². The quantitative estimate of drug-likeness (QED) is 0.886. The molecule has 4 heteroatoms. The second-order valence-electron chi connectivity index (χ2n) is 6.27. The Morgan fingerprint density at radius 3 is 3.00 bits per heavy atom. The fraction of sp³-hybridized carbons (Fsp3) is 0.625. The molecule has 2 aliphatic rings. The van der Waals surface area contributed by atoms with E-state index in [-0.39, 0.29) is 5.82 Å². The van der Waals surface area contributed by atoms with Crippen molar-refractivity contribution in [3.63, 3.8) is 0 Å². The summed E-state index contributed by atoms with van der Waals surface area (Å²) in [5.74, 6) is 0.215. The maximum absolute atomic E-state index is 13.9. The Bertz CT molecular complexity index is 495. The summed E-state index contributed by atoms with van der Waals surface area (Å²) in [5, 5.41) is 10.7. The van der Waals surface area contributed by atoms with E-state index in [4.69, 9.17) is 0 Å². The van der Waals surface area contributed by atoms with Crippen LogP contribution in [0.25, 0.3) is 0 Å². The van der Waals surface area contributed by atoms with Gasteiger partial charge in [0.15, 0.2) is 0 Å². The monoisotopic (exact) mass is 341 g/mol. The lowest BCUT2D eigenvalue weighted by Crippen LogP contribution is -2.53. The molecule has 0 spiro atoms. The van der Waals surface area contributed by atoms with E-state index in [0.29, 0.717) is 12.5 Å². The number of halogens is 2. The maximum atomic E-state index is 13.9. The predicted molar refractivity (Wildman–Crippen MR) is 80.9 cm³/mol. The zero-order valence-electron chi connectivity index (χ0n) is 11.6. The number of benzene rings is 1. The van der Waals surface area contributed by atoms with E-state index in [9.17, 15) is 9.50 Å². The van der Waals surface area contributed by atoms with Crippen LogP contribution in [0, 0.1) is 11.7 Å². The number of rotatable bonds is 2. The smallest absolute Gasteiger partial charge is 0.128 e. The molecule has 0 amide bonds. The van der Waals surface area contributed by atoms with Crippen molar-refractivity contribution in [2.45, 2.75) is 44.2 Å². The third-order valence-corrected chi connectivity index (χ3v) is 5.41. The number of nitrogens with zero attached hydrogens (tertiary/aromatic N) is 1. The minimum atomic E-state index is -0.451. The van der Waals surface area contributed by atoms with Crippen molar-refractivity contribution in [2.75, 3.05) is 13.1 Å². The van der Waals surface area contributed by atoms with Crippen molar-refractivity contribution in [3.05, 3.63) is 34.1 Å². The van der Waals surface area contributed by atoms with Gasteiger partial charge in [-0.3, -0.25) is 4.90 Å². The topological polar surface area (TPSA) is 23.5 Å². The largest absolute Gasteiger partial charge is 0.390 e. The van der Waals surface area contributed by atoms with Crippen molar-refractivity contribution in [1.29, 1.82) is 0 Å². The van der Waals surface area contributed by atoms with Gasteiger partial charge in [-0.15, -0.1) is 0 Å². The van der Waals surface area contributed by atoms with Gasteiger partial charge >= 0.3 is 0 Å². The van der Waals surface area contributed by atoms with Crippen molar-refractivity contribution >= 4 is 15.9 Å². The summed E-state index contributed by atoms with van der Waals surface area (Å²) in [5.41, 5.74) is 0.293. The molecule has 0 radical (unpaired) electrons. The molecule has 1 heterocycles. The average molecular weight is 342 g/mol. The number of likely N-dealkylation sites (tertiary alicyclic amines) is 1. The van der Waals surface area contributed by atoms with Crippen LogP contribution in [0.4, 0.5) is 4.39 Å². The molecule has 3 rings (SSSR count). The minimum absolute atomic E-state index is 0.149. The first-order valence-electron chi connectivity index (χ1n) is 7.45. The number of aliphatic hydroxyl groups is 1. The number of piperidine rings is 1. The molecule has 20 heavy (non-hydrogen) atoms. The fourth-order valence-electron chi connectivity index (χ4n) is 3.67. The SMILES string of the molecule is OC12CCCCC1CN(Cc1ccc(Br)cc1F)CC2. The predicted octanol–water partition coefficient (Wildman–Crippen LogP) is 3.72. The van der Waals surface area contributed by atoms with Crippen LogP contribution < -0.4 is 0 Å². The average Bonchev–Trinajstić information content (AvgIpc) is 2.42. The molecular formula is C16H21BrFNO. The lowest BCUT2D eigenvalue weighted by Gasteiger charge is -2.47. The van der Waals surface area contributed by atoms with Gasteiger partial charge in [-0.05, 0) is 31.4 Å². The molecule has 2 atom stereocenters. The highest BCUT2D eigenvalue weighted by molar-refractivity contribution is 9.10. The molecular weight excluding hydrogens is 321 g/mol. The van der Waals surface area contributed by atoms with Crippen LogP contribution in [0.2, 0.25) is 0 Å². The number of hydrogen-bond acceptors (Lipinski definition) is 2. The Hall–Kier alpha value is -0.450. The fourth-order valence-corrected chi connectivity index (χ4v) is 4.01. The third-order valence-electron chi connectivity index (χ3n) is 4.92. The molecule has 2 unspecified atom stereocenters. The van der Waals surface area contributed by atoms with Crippen LogP contribution in [0.15, 0.2) is 22.7 Å². The summed E-state index contributed by atoms with van der Waals surface area (Å²) in [7, 11) is 0. The van der Waals surface area contributed by atoms with Crippen molar-refractivity contribution in [2.24, 2.45) is 5.92 Å². The first kappa shape index (κ1) is 14.5. The van der Waals surface area contributed by atoms with Crippen molar-refractivity contribution < 1.29 is 9.50 Å². The third kappa shape index (κ3) is 2.92. The standard InChI is InChI=1S/C16H21BrFNO/c17-14-5-4-12(15(18)9-14)10-19-8-7-16(20)6-2-1-3-13(16)11-19/h4-5,9,13,20H,1-3,6-8,10-11H2. The Morgan fingerprint density at radius 1 is 1.35 bits per heavy atom. The molecule has 1 saturated heterocycles. The van der Waals surface area contributed by atoms with Gasteiger partial charge < -0.3 is 5.11 Å². The van der Waals surface area contributed by atoms with Gasteiger partial charge in [0.25, 0.3) is 0 Å². The molecule has 1 saturated carbocycles. The van der Waals surface area contributed by atoms with Gasteiger partial charge in [0.2, 0.25) is 0 Å². The zero-order valence-corrected chi connectivity index (χ0v) is 13.2. The summed E-state index contributed by atoms with van der Waals surface area (Å²) in [6.45, 7) is 2.40. The van der Waals surface area contributed by atoms with Gasteiger partial charge in [0.05, 0.1) is 5.60 Å². The van der Waals surface area contributed by atoms with Crippen LogP contribution in [0.3, 0.4) is 0 Å². The molecule has 1 aliphatic heterocycles. The molecule has 1 aromatic rings. The summed E-state index contributed by atoms with van der Waals surface area (Å²) < 4.78 is 14.7. The molecule has 2 fully saturated rings. The number of hydrogen-bond donors (Lipinski definition) is 1. The van der Waals surface area contributed by atoms with Gasteiger partial charge in [-0.2, -0.15) is 0 Å². The highest BCUT2D eigenvalue weighted by Gasteiger charge is 2.42. The first-order valence-corrected chi connectivity index (χ1v) is 8.25. The maximum Gasteiger partial charge on any atom is 0.128 e. The highest BCUT2D eigenvalue weighted by Crippen LogP contribution is 2.40. The molecule has 1 aliphatic carbocycles. The van der Waals surface area contributed by atoms with E-state index in [1.165, 1.54) is 12.5 Å². The summed E-state index contributed by atoms with van der Waals surface area (Å²) in [6.07, 6.45) is 5.24. The van der Waals surface area contributed by atoms with E-state index in [2.05, 4.69) is 20.8 Å². The lowest BCUT2D eigenvalue weighted by molar-refractivity contribution is -0.0968. The lowest BCUT2D eigenvalue weighted by atomic mass is 9.71. The van der Waals surface area contributed by atoms with E-state index >= 15 is 0 Å². The van der Waals surface area contributed by atoms with Crippen molar-refractivity contribution in [1.82, 2.24) is 4.90 Å². The minimum Gasteiger partial charge on any atom is -0.390 e. The Balaban J connectivity index is 1.67. The summed E-state index contributed by atoms with van der Waals surface area (Å²) >= 11 is 3.29. The summed E-state index contributed by atoms with van der Waals surface area (Å²) in [6, 6.07) is 5.26. The van der Waals surface area contributed by atoms with E-state index in [0.717, 1.165) is 48.8 Å². The molecule has 1 N–H and O–H groups in total. The second kappa shape index (κ2) is 5.74. The number of fused-ring (bicyclic) bond motifs is 1. The van der Waals surface area contributed by atoms with Gasteiger partial charge in [0, 0.05) is 35.6 Å². The Morgan fingerprint density at radius 2 is 2.20 bits per heavy atom. The zero-order chi connectivity index (χ0) is 14.2. The molecule has 0 aromatic heterocycles. The normalized spacial score (nSPS) is 31.1. The second-order valence-corrected chi connectivity index (χ2v) is 7.18. The van der Waals surface area contributed by atoms with Gasteiger partial charge in [-0.1, -0.05) is 34.8 Å². The molecule has 1 aromatic carbocycles. The summed E-state index contributed by atoms with van der Waals surface area (Å²) in [4.78, 5) is 2.29. The highest BCUT2D eigenvalue weighted by atomic mass is 79.9. The Labute approximate surface area is 128 Å². The van der Waals surface area contributed by atoms with E-state index in [1.54, 1.807) is 0 Å². The first-order chi connectivity index (χ1) is 9.57. The van der Waals surface area contributed by atoms with Gasteiger partial charge in [-0.25, -0.2) is 4.39 Å². The van der Waals surface area contributed by atoms with Gasteiger partial charge in [0.1, 0.15) is 5.82 Å². The molecule has 110 valence electrons. The van der Waals surface area contributed by atoms with Crippen LogP contribution in [0.5, 0.6) is 0 Å². The Kier molecular flexibility index (Phi) is 4.16. The van der Waals surface area contributed by atoms with E-state index < -0.39 is 5.60 Å². The van der Waals surface area contributed by atoms with Crippen LogP contribution in [-0.2, 0) is 6.54 Å².